The summed E-state index contributed by atoms with van der Waals surface area (Å²) in [4.78, 5) is 11.5. The van der Waals surface area contributed by atoms with Gasteiger partial charge in [0.25, 0.3) is 10.0 Å². The Kier molecular flexibility index (Phi) is 4.61. The molecular weight excluding hydrogens is 344 g/mol. The number of rotatable bonds is 5. The Morgan fingerprint density at radius 1 is 0.880 bits per heavy atom. The van der Waals surface area contributed by atoms with Crippen molar-refractivity contribution in [3.8, 4) is 5.75 Å². The van der Waals surface area contributed by atoms with Gasteiger partial charge >= 0.3 is 0 Å². The van der Waals surface area contributed by atoms with Crippen LogP contribution in [-0.4, -0.2) is 28.5 Å². The van der Waals surface area contributed by atoms with Crippen LogP contribution < -0.4 is 4.72 Å². The fourth-order valence-corrected chi connectivity index (χ4v) is 2.75. The molecule has 2 aromatic heterocycles. The van der Waals surface area contributed by atoms with Crippen molar-refractivity contribution in [3.05, 3.63) is 61.1 Å². The van der Waals surface area contributed by atoms with E-state index in [1.807, 2.05) is 0 Å². The van der Waals surface area contributed by atoms with Crippen LogP contribution in [0.1, 0.15) is 0 Å². The summed E-state index contributed by atoms with van der Waals surface area (Å²) in [7, 11) is -3.80. The van der Waals surface area contributed by atoms with E-state index >= 15 is 0 Å². The average Bonchev–Trinajstić information content (AvgIpc) is 2.62. The molecule has 0 amide bonds. The van der Waals surface area contributed by atoms with Gasteiger partial charge in [-0.15, -0.1) is 10.2 Å². The zero-order valence-corrected chi connectivity index (χ0v) is 13.5. The Hall–Kier alpha value is -3.40. The number of hydrogen-bond acceptors (Lipinski definition) is 8. The summed E-state index contributed by atoms with van der Waals surface area (Å²) in [5, 5.41) is 17.3. The van der Waals surface area contributed by atoms with E-state index in [4.69, 9.17) is 0 Å². The number of pyridine rings is 1. The van der Waals surface area contributed by atoms with Gasteiger partial charge in [-0.05, 0) is 42.5 Å². The van der Waals surface area contributed by atoms with Gasteiger partial charge in [-0.2, -0.15) is 0 Å². The van der Waals surface area contributed by atoms with E-state index in [1.54, 1.807) is 12.1 Å². The first-order valence-corrected chi connectivity index (χ1v) is 8.48. The van der Waals surface area contributed by atoms with Crippen LogP contribution in [0.4, 0.5) is 17.5 Å². The number of anilines is 1. The quantitative estimate of drug-likeness (QED) is 0.676. The maximum Gasteiger partial charge on any atom is 0.264 e. The molecule has 0 fully saturated rings. The minimum atomic E-state index is -3.80. The molecule has 0 aliphatic heterocycles. The van der Waals surface area contributed by atoms with Crippen LogP contribution in [0, 0.1) is 0 Å². The highest BCUT2D eigenvalue weighted by Crippen LogP contribution is 2.25. The van der Waals surface area contributed by atoms with Crippen LogP contribution in [0.3, 0.4) is 0 Å². The van der Waals surface area contributed by atoms with Crippen LogP contribution in [0.2, 0.25) is 0 Å². The molecule has 0 saturated heterocycles. The molecule has 0 atom stereocenters. The average molecular weight is 356 g/mol. The van der Waals surface area contributed by atoms with Crippen LogP contribution in [0.5, 0.6) is 5.75 Å². The summed E-state index contributed by atoms with van der Waals surface area (Å²) in [6, 6.07) is 10.3. The fourth-order valence-electron chi connectivity index (χ4n) is 1.79. The van der Waals surface area contributed by atoms with Crippen LogP contribution in [0.25, 0.3) is 0 Å². The maximum atomic E-state index is 12.2. The minimum absolute atomic E-state index is 0.0168. The Balaban J connectivity index is 1.77. The molecule has 0 saturated carbocycles. The first-order valence-electron chi connectivity index (χ1n) is 7.00. The Bertz CT molecular complexity index is 991. The molecule has 1 aromatic carbocycles. The summed E-state index contributed by atoms with van der Waals surface area (Å²) < 4.78 is 26.8. The number of nitrogens with one attached hydrogen (secondary N) is 1. The molecule has 0 aliphatic carbocycles. The van der Waals surface area contributed by atoms with Gasteiger partial charge < -0.3 is 5.11 Å². The summed E-state index contributed by atoms with van der Waals surface area (Å²) in [6.45, 7) is 0. The highest BCUT2D eigenvalue weighted by Gasteiger charge is 2.15. The summed E-state index contributed by atoms with van der Waals surface area (Å²) in [6.07, 6.45) is 4.34. The standard InChI is InChI=1S/C15H12N6O3S/c22-13-3-1-8-16-14(13)20-19-11-4-6-12(7-5-11)25(23,24)21-15-17-9-2-10-18-15/h1-10,22H,(H,17,18,21). The van der Waals surface area contributed by atoms with E-state index in [0.29, 0.717) is 5.69 Å². The maximum absolute atomic E-state index is 12.2. The van der Waals surface area contributed by atoms with Crippen molar-refractivity contribution >= 4 is 27.5 Å². The second-order valence-corrected chi connectivity index (χ2v) is 6.40. The first kappa shape index (κ1) is 16.5. The van der Waals surface area contributed by atoms with Gasteiger partial charge in [0.1, 0.15) is 0 Å². The minimum Gasteiger partial charge on any atom is -0.504 e. The second kappa shape index (κ2) is 7.01. The van der Waals surface area contributed by atoms with Crippen LogP contribution in [-0.2, 0) is 10.0 Å². The predicted octanol–water partition coefficient (Wildman–Crippen LogP) is 2.79. The molecule has 3 aromatic rings. The lowest BCUT2D eigenvalue weighted by Gasteiger charge is -2.06. The number of aromatic nitrogens is 3. The monoisotopic (exact) mass is 356 g/mol. The SMILES string of the molecule is O=S(=O)(Nc1ncccn1)c1ccc(N=Nc2ncccc2O)cc1. The number of aromatic hydroxyl groups is 1. The summed E-state index contributed by atoms with van der Waals surface area (Å²) in [5.74, 6) is -0.0449. The van der Waals surface area contributed by atoms with Gasteiger partial charge in [0, 0.05) is 18.6 Å². The van der Waals surface area contributed by atoms with E-state index in [9.17, 15) is 13.5 Å². The molecule has 10 heteroatoms. The first-order chi connectivity index (χ1) is 12.0. The van der Waals surface area contributed by atoms with Crippen LogP contribution in [0.15, 0.2) is 76.2 Å². The molecule has 0 aliphatic rings. The second-order valence-electron chi connectivity index (χ2n) is 4.72. The van der Waals surface area contributed by atoms with E-state index < -0.39 is 10.0 Å². The van der Waals surface area contributed by atoms with Gasteiger partial charge in [-0.25, -0.2) is 28.1 Å². The highest BCUT2D eigenvalue weighted by atomic mass is 32.2. The van der Waals surface area contributed by atoms with Crippen molar-refractivity contribution in [2.45, 2.75) is 4.90 Å². The molecule has 25 heavy (non-hydrogen) atoms. The van der Waals surface area contributed by atoms with Gasteiger partial charge in [0.15, 0.2) is 5.75 Å². The third kappa shape index (κ3) is 4.12. The topological polar surface area (TPSA) is 130 Å². The fraction of sp³-hybridized carbons (Fsp3) is 0. The molecule has 3 rings (SSSR count). The molecule has 0 unspecified atom stereocenters. The third-order valence-corrected chi connectivity index (χ3v) is 4.31. The van der Waals surface area contributed by atoms with E-state index in [1.165, 1.54) is 48.9 Å². The largest absolute Gasteiger partial charge is 0.504 e. The van der Waals surface area contributed by atoms with Crippen molar-refractivity contribution < 1.29 is 13.5 Å². The molecule has 0 radical (unpaired) electrons. The molecule has 126 valence electrons. The van der Waals surface area contributed by atoms with Gasteiger partial charge in [-0.3, -0.25) is 0 Å². The number of hydrogen-bond donors (Lipinski definition) is 2. The lowest BCUT2D eigenvalue weighted by atomic mass is 10.3. The Morgan fingerprint density at radius 3 is 2.24 bits per heavy atom. The predicted molar refractivity (Wildman–Crippen MR) is 89.4 cm³/mol. The number of azo groups is 1. The lowest BCUT2D eigenvalue weighted by molar-refractivity contribution is 0.474. The van der Waals surface area contributed by atoms with E-state index in [2.05, 4.69) is 29.9 Å². The van der Waals surface area contributed by atoms with Gasteiger partial charge in [0.05, 0.1) is 10.6 Å². The van der Waals surface area contributed by atoms with Crippen molar-refractivity contribution in [1.29, 1.82) is 0 Å². The highest BCUT2D eigenvalue weighted by molar-refractivity contribution is 7.92. The lowest BCUT2D eigenvalue weighted by Crippen LogP contribution is -2.14. The van der Waals surface area contributed by atoms with Crippen LogP contribution >= 0.6 is 0 Å². The van der Waals surface area contributed by atoms with Crippen molar-refractivity contribution in [1.82, 2.24) is 15.0 Å². The summed E-state index contributed by atoms with van der Waals surface area (Å²) >= 11 is 0. The van der Waals surface area contributed by atoms with Gasteiger partial charge in [0.2, 0.25) is 11.8 Å². The van der Waals surface area contributed by atoms with Crippen molar-refractivity contribution in [2.75, 3.05) is 4.72 Å². The smallest absolute Gasteiger partial charge is 0.264 e. The normalized spacial score (nSPS) is 11.5. The zero-order valence-electron chi connectivity index (χ0n) is 12.7. The molecule has 0 spiro atoms. The molecule has 0 bridgehead atoms. The molecule has 2 heterocycles. The molecule has 9 nitrogen and oxygen atoms in total. The van der Waals surface area contributed by atoms with Crippen molar-refractivity contribution in [3.63, 3.8) is 0 Å². The Morgan fingerprint density at radius 2 is 1.56 bits per heavy atom. The third-order valence-electron chi connectivity index (χ3n) is 2.96. The molecular formula is C15H12N6O3S. The zero-order chi connectivity index (χ0) is 17.7. The van der Waals surface area contributed by atoms with Crippen molar-refractivity contribution in [2.24, 2.45) is 10.2 Å². The van der Waals surface area contributed by atoms with E-state index in [-0.39, 0.29) is 22.4 Å². The van der Waals surface area contributed by atoms with E-state index in [0.717, 1.165) is 0 Å². The number of sulfonamides is 1. The van der Waals surface area contributed by atoms with Gasteiger partial charge in [-0.1, -0.05) is 0 Å². The Labute approximate surface area is 143 Å². The number of nitrogens with zero attached hydrogens (tertiary/aromatic N) is 5. The summed E-state index contributed by atoms with van der Waals surface area (Å²) in [5.41, 5.74) is 0.403. The molecule has 2 N–H and O–H groups in total. The number of benzene rings is 1.